The van der Waals surface area contributed by atoms with Crippen LogP contribution >= 0.6 is 39.1 Å². The molecule has 4 heavy (non-hydrogen) atoms. The maximum absolute atomic E-state index is 3.40. The largest absolute Gasteiger partial charge is 0.213 e. The summed E-state index contributed by atoms with van der Waals surface area (Å²) in [6.07, 6.45) is 0. The Morgan fingerprint density at radius 3 is 1.25 bits per heavy atom. The van der Waals surface area contributed by atoms with E-state index in [1.165, 1.54) is 0 Å². The van der Waals surface area contributed by atoms with Gasteiger partial charge in [-0.1, -0.05) is 25.6 Å². The van der Waals surface area contributed by atoms with Crippen molar-refractivity contribution in [1.29, 1.82) is 0 Å². The van der Waals surface area contributed by atoms with Gasteiger partial charge >= 0.3 is 0 Å². The Balaban J connectivity index is 0. The molecule has 0 heterocycles. The van der Waals surface area contributed by atoms with E-state index in [2.05, 4.69) is 29.8 Å². The van der Waals surface area contributed by atoms with Crippen LogP contribution in [0.4, 0.5) is 0 Å². The Morgan fingerprint density at radius 2 is 1.25 bits per heavy atom. The zero-order chi connectivity index (χ0) is 2.71. The molecule has 0 aliphatic rings. The Bertz CT molecular complexity index is 3.25. The molecule has 0 bridgehead atoms. The van der Waals surface area contributed by atoms with Gasteiger partial charge in [-0.2, -0.15) is 13.5 Å². The molecule has 28 valence electrons. The van der Waals surface area contributed by atoms with E-state index in [1.54, 1.807) is 0 Å². The predicted molar refractivity (Wildman–Crippen MR) is 31.5 cm³/mol. The second-order valence-corrected chi connectivity index (χ2v) is 0.900. The fraction of sp³-hybridized carbons (Fsp3) is 0. The molecule has 0 unspecified atom stereocenters. The van der Waals surface area contributed by atoms with Gasteiger partial charge in [0.1, 0.15) is 0 Å². The fourth-order valence-corrected chi connectivity index (χ4v) is 0. The van der Waals surface area contributed by atoms with Gasteiger partial charge in [0.05, 0.1) is 0 Å². The third kappa shape index (κ3) is 11.9. The highest BCUT2D eigenvalue weighted by Gasteiger charge is 1.26. The fourth-order valence-electron chi connectivity index (χ4n) is 0. The lowest BCUT2D eigenvalue weighted by atomic mass is 13.9. The molecule has 0 radical (unpaired) electrons. The summed E-state index contributed by atoms with van der Waals surface area (Å²) in [5, 5.41) is 0. The van der Waals surface area contributed by atoms with Crippen molar-refractivity contribution >= 4 is 39.1 Å². The van der Waals surface area contributed by atoms with E-state index < -0.39 is 0 Å². The molecule has 4 heteroatoms. The van der Waals surface area contributed by atoms with Crippen LogP contribution in [0.3, 0.4) is 0 Å². The van der Waals surface area contributed by atoms with E-state index in [-0.39, 0.29) is 13.5 Å². The van der Waals surface area contributed by atoms with Crippen LogP contribution in [0.5, 0.6) is 0 Å². The molecule has 1 N–H and O–H groups in total. The van der Waals surface area contributed by atoms with Crippen molar-refractivity contribution in [2.75, 3.05) is 0 Å². The van der Waals surface area contributed by atoms with Crippen LogP contribution < -0.4 is 4.13 Å². The maximum atomic E-state index is 3.40. The van der Waals surface area contributed by atoms with Gasteiger partial charge in [0.15, 0.2) is 0 Å². The molecule has 0 saturated carbocycles. The molecule has 0 saturated heterocycles. The summed E-state index contributed by atoms with van der Waals surface area (Å²) in [6.45, 7) is 0. The molecule has 0 aromatic heterocycles. The minimum Gasteiger partial charge on any atom is -0.213 e. The average molecular weight is 115 g/mol. The van der Waals surface area contributed by atoms with Gasteiger partial charge in [-0.25, -0.2) is 4.13 Å². The zero-order valence-electron chi connectivity index (χ0n) is 1.89. The average Bonchev–Trinajstić information content (AvgIpc) is 0.918. The van der Waals surface area contributed by atoms with E-state index in [0.29, 0.717) is 0 Å². The van der Waals surface area contributed by atoms with Crippen LogP contribution in [0.1, 0.15) is 0 Å². The first-order chi connectivity index (χ1) is 1.41. The summed E-state index contributed by atoms with van der Waals surface area (Å²) in [6, 6.07) is 0. The highest BCUT2D eigenvalue weighted by atomic mass is 32.2. The standard InChI is InChI=1S/H3NS2.H2S/c2-1-3;/h1-3H;1H2. The summed E-state index contributed by atoms with van der Waals surface area (Å²) in [5.41, 5.74) is 0. The number of hydrogen-bond donors (Lipinski definition) is 3. The number of rotatable bonds is 0. The van der Waals surface area contributed by atoms with E-state index >= 15 is 0 Å². The quantitative estimate of drug-likeness (QED) is 0.388. The number of nitrogens with one attached hydrogen (secondary N) is 1. The van der Waals surface area contributed by atoms with E-state index in [0.717, 1.165) is 0 Å². The number of hydrogen-bond acceptors (Lipinski definition) is 3. The molecule has 0 spiro atoms. The summed E-state index contributed by atoms with van der Waals surface area (Å²) < 4.78 is 2.14. The summed E-state index contributed by atoms with van der Waals surface area (Å²) >= 11 is 6.81. The van der Waals surface area contributed by atoms with Crippen LogP contribution in [0.15, 0.2) is 0 Å². The Hall–Kier alpha value is 1.01. The first kappa shape index (κ1) is 8.89. The molecule has 0 aliphatic carbocycles. The Labute approximate surface area is 43.7 Å². The lowest BCUT2D eigenvalue weighted by molar-refractivity contribution is 1.83. The molecule has 0 fully saturated rings. The van der Waals surface area contributed by atoms with Crippen LogP contribution in [-0.2, 0) is 0 Å². The highest BCUT2D eigenvalue weighted by Crippen LogP contribution is 1.54. The van der Waals surface area contributed by atoms with Gasteiger partial charge in [-0.05, 0) is 0 Å². The molecule has 0 aromatic rings. The summed E-state index contributed by atoms with van der Waals surface area (Å²) in [5.74, 6) is 0. The van der Waals surface area contributed by atoms with Crippen LogP contribution in [0, 0.1) is 0 Å². The van der Waals surface area contributed by atoms with Crippen LogP contribution in [0.25, 0.3) is 0 Å². The van der Waals surface area contributed by atoms with Gasteiger partial charge in [0.25, 0.3) is 0 Å². The molecule has 0 amide bonds. The van der Waals surface area contributed by atoms with Gasteiger partial charge < -0.3 is 0 Å². The first-order valence-corrected chi connectivity index (χ1v) is 1.34. The molecular formula is H5NS3. The molecule has 0 atom stereocenters. The second kappa shape index (κ2) is 8.99. The molecule has 0 aliphatic heterocycles. The minimum absolute atomic E-state index is 0. The van der Waals surface area contributed by atoms with Crippen molar-refractivity contribution in [3.8, 4) is 0 Å². The molecule has 0 aromatic carbocycles. The van der Waals surface area contributed by atoms with Crippen molar-refractivity contribution in [1.82, 2.24) is 4.13 Å². The van der Waals surface area contributed by atoms with Gasteiger partial charge in [0, 0.05) is 0 Å². The second-order valence-electron chi connectivity index (χ2n) is 0.100. The van der Waals surface area contributed by atoms with Crippen molar-refractivity contribution in [2.45, 2.75) is 0 Å². The van der Waals surface area contributed by atoms with Crippen molar-refractivity contribution in [2.24, 2.45) is 0 Å². The normalized spacial score (nSPS) is 4.50. The predicted octanol–water partition coefficient (Wildman–Crippen LogP) is 0.378. The van der Waals surface area contributed by atoms with E-state index in [4.69, 9.17) is 0 Å². The Morgan fingerprint density at radius 1 is 1.25 bits per heavy atom. The maximum Gasteiger partial charge on any atom is -0.0891 e. The summed E-state index contributed by atoms with van der Waals surface area (Å²) in [7, 11) is 0. The zero-order valence-corrected chi connectivity index (χ0v) is 4.68. The summed E-state index contributed by atoms with van der Waals surface area (Å²) in [4.78, 5) is 0. The van der Waals surface area contributed by atoms with E-state index in [9.17, 15) is 0 Å². The minimum atomic E-state index is 0. The molecular weight excluding hydrogens is 110 g/mol. The topological polar surface area (TPSA) is 12.0 Å². The molecule has 0 rings (SSSR count). The third-order valence-electron chi connectivity index (χ3n) is 0. The van der Waals surface area contributed by atoms with Gasteiger partial charge in [-0.15, -0.1) is 0 Å². The Kier molecular flexibility index (Phi) is 20.0. The smallest absolute Gasteiger partial charge is 0.0891 e. The third-order valence-corrected chi connectivity index (χ3v) is 0. The lowest BCUT2D eigenvalue weighted by Gasteiger charge is -1.57. The van der Waals surface area contributed by atoms with Crippen molar-refractivity contribution in [3.05, 3.63) is 0 Å². The van der Waals surface area contributed by atoms with Crippen molar-refractivity contribution < 1.29 is 0 Å². The highest BCUT2D eigenvalue weighted by molar-refractivity contribution is 7.94. The lowest BCUT2D eigenvalue weighted by Crippen LogP contribution is -1.60. The van der Waals surface area contributed by atoms with Crippen LogP contribution in [0.2, 0.25) is 0 Å². The van der Waals surface area contributed by atoms with Gasteiger partial charge in [0.2, 0.25) is 0 Å². The van der Waals surface area contributed by atoms with E-state index in [1.807, 2.05) is 0 Å². The monoisotopic (exact) mass is 115 g/mol. The molecule has 1 nitrogen and oxygen atoms in total. The van der Waals surface area contributed by atoms with Gasteiger partial charge in [-0.3, -0.25) is 0 Å². The SMILES string of the molecule is S.SNS. The number of thiol groups is 2. The van der Waals surface area contributed by atoms with Crippen LogP contribution in [-0.4, -0.2) is 0 Å². The van der Waals surface area contributed by atoms with Crippen molar-refractivity contribution in [3.63, 3.8) is 0 Å². The first-order valence-electron chi connectivity index (χ1n) is 0.447.